The number of amides is 2. The fraction of sp³-hybridized carbons (Fsp3) is 0.556. The van der Waals surface area contributed by atoms with Gasteiger partial charge >= 0.3 is 0 Å². The summed E-state index contributed by atoms with van der Waals surface area (Å²) in [6.45, 7) is 2.15. The zero-order chi connectivity index (χ0) is 16.7. The average Bonchev–Trinajstić information content (AvgIpc) is 3.18. The molecule has 0 saturated carbocycles. The smallest absolute Gasteiger partial charge is 0.237 e. The quantitative estimate of drug-likeness (QED) is 0.834. The zero-order valence-electron chi connectivity index (χ0n) is 13.8. The van der Waals surface area contributed by atoms with Gasteiger partial charge in [0, 0.05) is 43.8 Å². The number of nitrogens with two attached hydrogens (primary N) is 1. The van der Waals surface area contributed by atoms with Crippen LogP contribution in [0.4, 0.5) is 5.69 Å². The molecule has 0 aromatic heterocycles. The lowest BCUT2D eigenvalue weighted by atomic mass is 10.0. The largest absolute Gasteiger partial charge is 0.353 e. The molecular weight excluding hydrogens is 304 g/mol. The number of nitrogens with one attached hydrogen (secondary N) is 1. The van der Waals surface area contributed by atoms with Crippen molar-refractivity contribution in [2.45, 2.75) is 43.8 Å². The number of hydrogen-bond acceptors (Lipinski definition) is 4. The maximum Gasteiger partial charge on any atom is 0.237 e. The van der Waals surface area contributed by atoms with Crippen molar-refractivity contribution in [3.8, 4) is 0 Å². The predicted molar refractivity (Wildman–Crippen MR) is 91.6 cm³/mol. The average molecular weight is 328 g/mol. The molecule has 24 heavy (non-hydrogen) atoms. The monoisotopic (exact) mass is 328 g/mol. The van der Waals surface area contributed by atoms with Crippen LogP contribution in [0.2, 0.25) is 0 Å². The molecule has 3 aliphatic heterocycles. The van der Waals surface area contributed by atoms with Gasteiger partial charge < -0.3 is 16.0 Å². The number of carbonyl (C=O) groups is 2. The van der Waals surface area contributed by atoms with Crippen molar-refractivity contribution in [1.29, 1.82) is 0 Å². The zero-order valence-corrected chi connectivity index (χ0v) is 13.8. The highest BCUT2D eigenvalue weighted by molar-refractivity contribution is 5.95. The molecule has 0 radical (unpaired) electrons. The molecule has 128 valence electrons. The van der Waals surface area contributed by atoms with Gasteiger partial charge in [-0.15, -0.1) is 0 Å². The number of anilines is 1. The van der Waals surface area contributed by atoms with Gasteiger partial charge in [-0.05, 0) is 30.9 Å². The summed E-state index contributed by atoms with van der Waals surface area (Å²) in [5.74, 6) is 0.260. The number of hydrogen-bond donors (Lipinski definition) is 2. The number of benzene rings is 1. The minimum atomic E-state index is -0.110. The summed E-state index contributed by atoms with van der Waals surface area (Å²) in [6.07, 6.45) is 2.93. The van der Waals surface area contributed by atoms with Gasteiger partial charge in [-0.2, -0.15) is 0 Å². The summed E-state index contributed by atoms with van der Waals surface area (Å²) in [7, 11) is 0. The SMILES string of the molecule is N[C@H]1C[C@@H]2C(=O)NC[C@H](CCC(=O)N3CCc4ccccc43)N2C1. The van der Waals surface area contributed by atoms with Gasteiger partial charge in [0.2, 0.25) is 11.8 Å². The summed E-state index contributed by atoms with van der Waals surface area (Å²) >= 11 is 0. The lowest BCUT2D eigenvalue weighted by molar-refractivity contribution is -0.129. The Bertz CT molecular complexity index is 662. The van der Waals surface area contributed by atoms with E-state index in [2.05, 4.69) is 16.3 Å². The van der Waals surface area contributed by atoms with Crippen LogP contribution in [0.1, 0.15) is 24.8 Å². The van der Waals surface area contributed by atoms with Crippen molar-refractivity contribution in [2.24, 2.45) is 5.73 Å². The molecule has 3 heterocycles. The van der Waals surface area contributed by atoms with Crippen LogP contribution in [0.25, 0.3) is 0 Å². The molecule has 0 aliphatic carbocycles. The van der Waals surface area contributed by atoms with Gasteiger partial charge in [-0.25, -0.2) is 0 Å². The Balaban J connectivity index is 1.39. The summed E-state index contributed by atoms with van der Waals surface area (Å²) in [5.41, 5.74) is 8.34. The lowest BCUT2D eigenvalue weighted by Crippen LogP contribution is -2.58. The first-order valence-corrected chi connectivity index (χ1v) is 8.81. The van der Waals surface area contributed by atoms with Gasteiger partial charge in [0.1, 0.15) is 0 Å². The number of rotatable bonds is 3. The molecule has 6 nitrogen and oxygen atoms in total. The summed E-state index contributed by atoms with van der Waals surface area (Å²) < 4.78 is 0. The van der Waals surface area contributed by atoms with E-state index < -0.39 is 0 Å². The van der Waals surface area contributed by atoms with Gasteiger partial charge in [0.25, 0.3) is 0 Å². The molecule has 3 N–H and O–H groups in total. The Morgan fingerprint density at radius 2 is 2.17 bits per heavy atom. The maximum absolute atomic E-state index is 12.7. The molecule has 6 heteroatoms. The van der Waals surface area contributed by atoms with Gasteiger partial charge in [-0.3, -0.25) is 14.5 Å². The van der Waals surface area contributed by atoms with E-state index in [1.165, 1.54) is 5.56 Å². The van der Waals surface area contributed by atoms with Gasteiger partial charge in [0.05, 0.1) is 6.04 Å². The minimum absolute atomic E-state index is 0.0579. The summed E-state index contributed by atoms with van der Waals surface area (Å²) in [5, 5.41) is 2.97. The van der Waals surface area contributed by atoms with Crippen LogP contribution in [0.15, 0.2) is 24.3 Å². The second-order valence-electron chi connectivity index (χ2n) is 7.07. The Morgan fingerprint density at radius 3 is 3.04 bits per heavy atom. The van der Waals surface area contributed by atoms with Crippen molar-refractivity contribution < 1.29 is 9.59 Å². The summed E-state index contributed by atoms with van der Waals surface area (Å²) in [6, 6.07) is 8.28. The molecule has 0 spiro atoms. The maximum atomic E-state index is 12.7. The molecule has 2 fully saturated rings. The Labute approximate surface area is 142 Å². The van der Waals surface area contributed by atoms with E-state index in [-0.39, 0.29) is 29.9 Å². The van der Waals surface area contributed by atoms with E-state index in [1.54, 1.807) is 0 Å². The molecule has 2 saturated heterocycles. The second-order valence-corrected chi connectivity index (χ2v) is 7.07. The fourth-order valence-corrected chi connectivity index (χ4v) is 4.30. The van der Waals surface area contributed by atoms with E-state index in [1.807, 2.05) is 23.1 Å². The van der Waals surface area contributed by atoms with Crippen LogP contribution in [0, 0.1) is 0 Å². The van der Waals surface area contributed by atoms with Crippen LogP contribution < -0.4 is 16.0 Å². The number of carbonyl (C=O) groups excluding carboxylic acids is 2. The minimum Gasteiger partial charge on any atom is -0.353 e. The topological polar surface area (TPSA) is 78.7 Å². The van der Waals surface area contributed by atoms with Crippen LogP contribution in [-0.4, -0.2) is 54.5 Å². The van der Waals surface area contributed by atoms with Crippen molar-refractivity contribution >= 4 is 17.5 Å². The van der Waals surface area contributed by atoms with Crippen molar-refractivity contribution in [3.63, 3.8) is 0 Å². The van der Waals surface area contributed by atoms with Crippen LogP contribution in [0.3, 0.4) is 0 Å². The fourth-order valence-electron chi connectivity index (χ4n) is 4.30. The Kier molecular flexibility index (Phi) is 4.02. The third-order valence-electron chi connectivity index (χ3n) is 5.53. The normalized spacial score (nSPS) is 29.3. The van der Waals surface area contributed by atoms with Gasteiger partial charge in [0.15, 0.2) is 0 Å². The van der Waals surface area contributed by atoms with E-state index in [9.17, 15) is 9.59 Å². The number of nitrogens with zero attached hydrogens (tertiary/aromatic N) is 2. The first-order chi connectivity index (χ1) is 11.6. The first kappa shape index (κ1) is 15.6. The van der Waals surface area contributed by atoms with Crippen LogP contribution >= 0.6 is 0 Å². The van der Waals surface area contributed by atoms with E-state index in [0.29, 0.717) is 13.0 Å². The van der Waals surface area contributed by atoms with E-state index in [4.69, 9.17) is 5.73 Å². The molecule has 3 aliphatic rings. The highest BCUT2D eigenvalue weighted by atomic mass is 16.2. The first-order valence-electron chi connectivity index (χ1n) is 8.81. The highest BCUT2D eigenvalue weighted by Gasteiger charge is 2.42. The second kappa shape index (κ2) is 6.18. The van der Waals surface area contributed by atoms with E-state index >= 15 is 0 Å². The predicted octanol–water partition coefficient (Wildman–Crippen LogP) is 0.256. The van der Waals surface area contributed by atoms with Crippen LogP contribution in [0.5, 0.6) is 0 Å². The number of para-hydroxylation sites is 1. The highest BCUT2D eigenvalue weighted by Crippen LogP contribution is 2.29. The van der Waals surface area contributed by atoms with Gasteiger partial charge in [-0.1, -0.05) is 18.2 Å². The summed E-state index contributed by atoms with van der Waals surface area (Å²) in [4.78, 5) is 28.7. The molecule has 0 bridgehead atoms. The third-order valence-corrected chi connectivity index (χ3v) is 5.53. The number of fused-ring (bicyclic) bond motifs is 2. The molecule has 1 aromatic carbocycles. The Hall–Kier alpha value is -1.92. The van der Waals surface area contributed by atoms with Crippen molar-refractivity contribution in [3.05, 3.63) is 29.8 Å². The molecule has 2 amide bonds. The molecular formula is C18H24N4O2. The molecule has 3 atom stereocenters. The van der Waals surface area contributed by atoms with Crippen LogP contribution in [-0.2, 0) is 16.0 Å². The Morgan fingerprint density at radius 1 is 1.33 bits per heavy atom. The van der Waals surface area contributed by atoms with Crippen molar-refractivity contribution in [2.75, 3.05) is 24.5 Å². The lowest BCUT2D eigenvalue weighted by Gasteiger charge is -2.37. The van der Waals surface area contributed by atoms with Crippen molar-refractivity contribution in [1.82, 2.24) is 10.2 Å². The molecule has 1 aromatic rings. The molecule has 0 unspecified atom stereocenters. The standard InChI is InChI=1S/C18H24N4O2/c19-13-9-16-18(24)20-10-14(22(16)11-13)5-6-17(23)21-8-7-12-3-1-2-4-15(12)21/h1-4,13-14,16H,5-11,19H2,(H,20,24)/t13-,14-,16+/m0/s1. The molecule has 4 rings (SSSR count). The van der Waals surface area contributed by atoms with E-state index in [0.717, 1.165) is 38.0 Å². The third kappa shape index (κ3) is 2.70. The number of piperazine rings is 1.